The van der Waals surface area contributed by atoms with Gasteiger partial charge in [-0.05, 0) is 39.0 Å². The van der Waals surface area contributed by atoms with Crippen LogP contribution in [0.5, 0.6) is 0 Å². The number of anilines is 1. The Morgan fingerprint density at radius 3 is 2.72 bits per heavy atom. The largest absolute Gasteiger partial charge is 0.356 e. The Morgan fingerprint density at radius 2 is 2.06 bits per heavy atom. The summed E-state index contributed by atoms with van der Waals surface area (Å²) in [4.78, 5) is 4.37. The average Bonchev–Trinajstić information content (AvgIpc) is 2.67. The second-order valence-electron chi connectivity index (χ2n) is 4.92. The number of nitrogens with one attached hydrogen (secondary N) is 1. The highest BCUT2D eigenvalue weighted by atomic mass is 79.9. The summed E-state index contributed by atoms with van der Waals surface area (Å²) in [5, 5.41) is 3.97. The minimum atomic E-state index is -0.298. The zero-order valence-electron chi connectivity index (χ0n) is 10.3. The van der Waals surface area contributed by atoms with Crippen molar-refractivity contribution < 1.29 is 4.39 Å². The van der Waals surface area contributed by atoms with Crippen LogP contribution in [0.15, 0.2) is 22.7 Å². The standard InChI is InChI=1S/C12H13BrFN3S/c1-12(2,3)16-11-15-10(17-18-11)8-6-7(14)4-5-9(8)13/h4-6H,1-3H3,(H,15,16,17). The molecule has 0 aliphatic heterocycles. The summed E-state index contributed by atoms with van der Waals surface area (Å²) in [6.07, 6.45) is 0. The minimum absolute atomic E-state index is 0.0734. The van der Waals surface area contributed by atoms with Gasteiger partial charge in [-0.1, -0.05) is 15.9 Å². The van der Waals surface area contributed by atoms with Crippen molar-refractivity contribution in [1.82, 2.24) is 9.36 Å². The van der Waals surface area contributed by atoms with Gasteiger partial charge in [0, 0.05) is 27.1 Å². The lowest BCUT2D eigenvalue weighted by molar-refractivity contribution is 0.627. The highest BCUT2D eigenvalue weighted by molar-refractivity contribution is 9.10. The molecule has 0 saturated heterocycles. The minimum Gasteiger partial charge on any atom is -0.356 e. The molecule has 1 N–H and O–H groups in total. The van der Waals surface area contributed by atoms with Gasteiger partial charge in [0.05, 0.1) is 0 Å². The van der Waals surface area contributed by atoms with Crippen molar-refractivity contribution in [2.45, 2.75) is 26.3 Å². The second kappa shape index (κ2) is 4.93. The third kappa shape index (κ3) is 3.26. The maximum Gasteiger partial charge on any atom is 0.203 e. The van der Waals surface area contributed by atoms with E-state index in [1.807, 2.05) is 20.8 Å². The summed E-state index contributed by atoms with van der Waals surface area (Å²) in [5.41, 5.74) is 0.587. The van der Waals surface area contributed by atoms with Crippen LogP contribution in [0.1, 0.15) is 20.8 Å². The molecule has 1 heterocycles. The molecule has 3 nitrogen and oxygen atoms in total. The summed E-state index contributed by atoms with van der Waals surface area (Å²) in [6.45, 7) is 6.14. The Labute approximate surface area is 118 Å². The smallest absolute Gasteiger partial charge is 0.203 e. The summed E-state index contributed by atoms with van der Waals surface area (Å²) in [5.74, 6) is 0.228. The Balaban J connectivity index is 2.32. The van der Waals surface area contributed by atoms with E-state index in [0.29, 0.717) is 11.4 Å². The molecule has 96 valence electrons. The zero-order valence-corrected chi connectivity index (χ0v) is 12.7. The van der Waals surface area contributed by atoms with Gasteiger partial charge in [-0.15, -0.1) is 0 Å². The molecule has 2 aromatic rings. The van der Waals surface area contributed by atoms with Gasteiger partial charge in [-0.3, -0.25) is 0 Å². The lowest BCUT2D eigenvalue weighted by Crippen LogP contribution is -2.25. The van der Waals surface area contributed by atoms with Gasteiger partial charge < -0.3 is 5.32 Å². The molecule has 0 atom stereocenters. The van der Waals surface area contributed by atoms with Crippen LogP contribution in [0.4, 0.5) is 9.52 Å². The molecule has 0 unspecified atom stereocenters. The summed E-state index contributed by atoms with van der Waals surface area (Å²) in [6, 6.07) is 4.48. The van der Waals surface area contributed by atoms with Gasteiger partial charge >= 0.3 is 0 Å². The average molecular weight is 330 g/mol. The van der Waals surface area contributed by atoms with Gasteiger partial charge in [0.15, 0.2) is 5.82 Å². The van der Waals surface area contributed by atoms with Gasteiger partial charge in [0.1, 0.15) is 5.82 Å². The van der Waals surface area contributed by atoms with Gasteiger partial charge in [0.25, 0.3) is 0 Å². The van der Waals surface area contributed by atoms with Gasteiger partial charge in [-0.25, -0.2) is 4.39 Å². The molecule has 0 aliphatic rings. The van der Waals surface area contributed by atoms with Crippen LogP contribution < -0.4 is 5.32 Å². The summed E-state index contributed by atoms with van der Waals surface area (Å²) >= 11 is 4.65. The molecule has 1 aromatic carbocycles. The number of benzene rings is 1. The number of rotatable bonds is 2. The highest BCUT2D eigenvalue weighted by Gasteiger charge is 2.15. The zero-order chi connectivity index (χ0) is 13.3. The van der Waals surface area contributed by atoms with Crippen LogP contribution in [-0.2, 0) is 0 Å². The van der Waals surface area contributed by atoms with Crippen molar-refractivity contribution in [3.63, 3.8) is 0 Å². The highest BCUT2D eigenvalue weighted by Crippen LogP contribution is 2.29. The van der Waals surface area contributed by atoms with Crippen molar-refractivity contribution in [2.24, 2.45) is 0 Å². The van der Waals surface area contributed by atoms with E-state index < -0.39 is 0 Å². The molecular weight excluding hydrogens is 317 g/mol. The van der Waals surface area contributed by atoms with Crippen LogP contribution in [0.3, 0.4) is 0 Å². The number of hydrogen-bond acceptors (Lipinski definition) is 4. The van der Waals surface area contributed by atoms with E-state index in [9.17, 15) is 4.39 Å². The topological polar surface area (TPSA) is 37.8 Å². The van der Waals surface area contributed by atoms with E-state index in [1.165, 1.54) is 23.7 Å². The Morgan fingerprint density at radius 1 is 1.33 bits per heavy atom. The number of aromatic nitrogens is 2. The van der Waals surface area contributed by atoms with E-state index in [1.54, 1.807) is 6.07 Å². The lowest BCUT2D eigenvalue weighted by atomic mass is 10.1. The molecule has 0 aliphatic carbocycles. The van der Waals surface area contributed by atoms with Crippen LogP contribution in [0.25, 0.3) is 11.4 Å². The third-order valence-electron chi connectivity index (χ3n) is 2.08. The van der Waals surface area contributed by atoms with Crippen molar-refractivity contribution in [3.05, 3.63) is 28.5 Å². The molecule has 0 radical (unpaired) electrons. The molecule has 0 fully saturated rings. The maximum absolute atomic E-state index is 13.2. The van der Waals surface area contributed by atoms with E-state index in [0.717, 1.165) is 9.60 Å². The molecule has 2 rings (SSSR count). The Bertz CT molecular complexity index is 563. The predicted molar refractivity (Wildman–Crippen MR) is 76.4 cm³/mol. The summed E-state index contributed by atoms with van der Waals surface area (Å²) < 4.78 is 18.2. The fraction of sp³-hybridized carbons (Fsp3) is 0.333. The predicted octanol–water partition coefficient (Wildman–Crippen LogP) is 4.32. The van der Waals surface area contributed by atoms with Crippen LogP contribution >= 0.6 is 27.5 Å². The Kier molecular flexibility index (Phi) is 3.68. The first kappa shape index (κ1) is 13.4. The molecule has 0 saturated carbocycles. The van der Waals surface area contributed by atoms with E-state index in [2.05, 4.69) is 30.6 Å². The number of hydrogen-bond donors (Lipinski definition) is 1. The lowest BCUT2D eigenvalue weighted by Gasteiger charge is -2.18. The van der Waals surface area contributed by atoms with Crippen LogP contribution in [0.2, 0.25) is 0 Å². The second-order valence-corrected chi connectivity index (χ2v) is 6.53. The van der Waals surface area contributed by atoms with Crippen molar-refractivity contribution in [2.75, 3.05) is 5.32 Å². The first-order chi connectivity index (χ1) is 8.35. The molecule has 0 amide bonds. The quantitative estimate of drug-likeness (QED) is 0.891. The van der Waals surface area contributed by atoms with Crippen LogP contribution in [-0.4, -0.2) is 14.9 Å². The van der Waals surface area contributed by atoms with E-state index >= 15 is 0 Å². The van der Waals surface area contributed by atoms with Crippen molar-refractivity contribution >= 4 is 32.6 Å². The third-order valence-corrected chi connectivity index (χ3v) is 3.40. The summed E-state index contributed by atoms with van der Waals surface area (Å²) in [7, 11) is 0. The fourth-order valence-electron chi connectivity index (χ4n) is 1.37. The monoisotopic (exact) mass is 329 g/mol. The normalized spacial score (nSPS) is 11.6. The molecular formula is C12H13BrFN3S. The van der Waals surface area contributed by atoms with Gasteiger partial charge in [-0.2, -0.15) is 9.36 Å². The first-order valence-electron chi connectivity index (χ1n) is 5.42. The molecule has 0 bridgehead atoms. The fourth-order valence-corrected chi connectivity index (χ4v) is 2.59. The number of halogens is 2. The molecule has 1 aromatic heterocycles. The Hall–Kier alpha value is -1.01. The van der Waals surface area contributed by atoms with Crippen LogP contribution in [0, 0.1) is 5.82 Å². The van der Waals surface area contributed by atoms with E-state index in [4.69, 9.17) is 0 Å². The molecule has 0 spiro atoms. The SMILES string of the molecule is CC(C)(C)Nc1nc(-c2cc(F)ccc2Br)ns1. The van der Waals surface area contributed by atoms with Gasteiger partial charge in [0.2, 0.25) is 5.13 Å². The molecule has 6 heteroatoms. The van der Waals surface area contributed by atoms with Crippen molar-refractivity contribution in [3.8, 4) is 11.4 Å². The first-order valence-corrected chi connectivity index (χ1v) is 6.99. The maximum atomic E-state index is 13.2. The molecule has 18 heavy (non-hydrogen) atoms. The number of nitrogens with zero attached hydrogens (tertiary/aromatic N) is 2. The van der Waals surface area contributed by atoms with E-state index in [-0.39, 0.29) is 11.4 Å². The van der Waals surface area contributed by atoms with Crippen molar-refractivity contribution in [1.29, 1.82) is 0 Å².